The summed E-state index contributed by atoms with van der Waals surface area (Å²) in [6.45, 7) is 2.20. The van der Waals surface area contributed by atoms with Crippen LogP contribution in [0.15, 0.2) is 48.5 Å². The van der Waals surface area contributed by atoms with E-state index in [0.717, 1.165) is 73.2 Å². The fourth-order valence-corrected chi connectivity index (χ4v) is 7.35. The number of nitrogens with two attached hydrogens (primary N) is 1. The lowest BCUT2D eigenvalue weighted by atomic mass is 9.91. The van der Waals surface area contributed by atoms with E-state index in [9.17, 15) is 0 Å². The number of nitrogen functional groups attached to an aromatic ring is 1. The highest BCUT2D eigenvalue weighted by atomic mass is 35.5. The first-order valence-corrected chi connectivity index (χ1v) is 13.8. The lowest BCUT2D eigenvalue weighted by Gasteiger charge is -2.15. The first kappa shape index (κ1) is 24.3. The quantitative estimate of drug-likeness (QED) is 0.208. The third-order valence-electron chi connectivity index (χ3n) is 6.31. The Morgan fingerprint density at radius 3 is 1.69 bits per heavy atom. The number of unbranched alkanes of at least 4 members (excludes halogenated alkanes) is 1. The van der Waals surface area contributed by atoms with E-state index >= 15 is 0 Å². The minimum absolute atomic E-state index is 0.681. The maximum Gasteiger partial charge on any atom is 0.120 e. The summed E-state index contributed by atoms with van der Waals surface area (Å²) in [7, 11) is 3.34. The summed E-state index contributed by atoms with van der Waals surface area (Å²) < 4.78 is 14.4. The van der Waals surface area contributed by atoms with E-state index in [1.807, 2.05) is 24.3 Å². The van der Waals surface area contributed by atoms with Crippen LogP contribution in [-0.2, 0) is 6.42 Å². The number of halogens is 2. The number of benzene rings is 3. The number of hydrogen-bond acceptors (Lipinski definition) is 5. The Balaban J connectivity index is 1.78. The molecule has 0 saturated carbocycles. The van der Waals surface area contributed by atoms with Crippen LogP contribution in [0.1, 0.15) is 25.3 Å². The van der Waals surface area contributed by atoms with Crippen molar-refractivity contribution >= 4 is 71.7 Å². The van der Waals surface area contributed by atoms with Gasteiger partial charge in [-0.3, -0.25) is 0 Å². The van der Waals surface area contributed by atoms with E-state index < -0.39 is 0 Å². The summed E-state index contributed by atoms with van der Waals surface area (Å²) in [5.41, 5.74) is 12.7. The lowest BCUT2D eigenvalue weighted by Crippen LogP contribution is -1.98. The Morgan fingerprint density at radius 2 is 1.26 bits per heavy atom. The number of hydrogen-bond donors (Lipinski definition) is 1. The molecule has 2 N–H and O–H groups in total. The molecule has 5 aromatic rings. The molecular weight excluding hydrogens is 517 g/mol. The molecule has 7 heteroatoms. The summed E-state index contributed by atoms with van der Waals surface area (Å²) in [5.74, 6) is 1.61. The Morgan fingerprint density at radius 1 is 0.771 bits per heavy atom. The molecule has 180 valence electrons. The highest BCUT2D eigenvalue weighted by Crippen LogP contribution is 2.50. The van der Waals surface area contributed by atoms with Crippen LogP contribution in [0.3, 0.4) is 0 Å². The van der Waals surface area contributed by atoms with Gasteiger partial charge in [-0.05, 0) is 66.9 Å². The fraction of sp³-hybridized carbons (Fsp3) is 0.214. The van der Waals surface area contributed by atoms with Gasteiger partial charge in [-0.2, -0.15) is 0 Å². The second-order valence-corrected chi connectivity index (χ2v) is 11.7. The molecular formula is C28H25Cl2NO2S2. The van der Waals surface area contributed by atoms with Gasteiger partial charge in [0.05, 0.1) is 14.2 Å². The van der Waals surface area contributed by atoms with E-state index in [1.165, 1.54) is 5.56 Å². The first-order chi connectivity index (χ1) is 16.9. The van der Waals surface area contributed by atoms with Crippen molar-refractivity contribution in [3.63, 3.8) is 0 Å². The van der Waals surface area contributed by atoms with Crippen molar-refractivity contribution in [2.45, 2.75) is 26.2 Å². The number of aryl methyl sites for hydroxylation is 1. The van der Waals surface area contributed by atoms with Crippen LogP contribution in [0.25, 0.3) is 42.4 Å². The normalized spacial score (nSPS) is 11.5. The molecule has 0 spiro atoms. The summed E-state index contributed by atoms with van der Waals surface area (Å²) in [4.78, 5) is 0. The van der Waals surface area contributed by atoms with Crippen molar-refractivity contribution in [1.82, 2.24) is 0 Å². The summed E-state index contributed by atoms with van der Waals surface area (Å²) in [6.07, 6.45) is 3.16. The predicted octanol–water partition coefficient (Wildman–Crippen LogP) is 9.70. The largest absolute Gasteiger partial charge is 0.497 e. The first-order valence-electron chi connectivity index (χ1n) is 11.4. The molecule has 0 saturated heterocycles. The highest BCUT2D eigenvalue weighted by molar-refractivity contribution is 7.24. The van der Waals surface area contributed by atoms with Gasteiger partial charge in [0.15, 0.2) is 0 Å². The van der Waals surface area contributed by atoms with Gasteiger partial charge in [-0.15, -0.1) is 22.7 Å². The average molecular weight is 543 g/mol. The van der Waals surface area contributed by atoms with Crippen molar-refractivity contribution in [2.24, 2.45) is 0 Å². The third-order valence-corrected chi connectivity index (χ3v) is 9.03. The van der Waals surface area contributed by atoms with Gasteiger partial charge < -0.3 is 15.2 Å². The van der Waals surface area contributed by atoms with Crippen molar-refractivity contribution in [3.05, 3.63) is 62.8 Å². The van der Waals surface area contributed by atoms with E-state index in [4.69, 9.17) is 38.4 Å². The molecule has 0 aliphatic rings. The van der Waals surface area contributed by atoms with Crippen LogP contribution in [0.4, 0.5) is 5.69 Å². The topological polar surface area (TPSA) is 44.5 Å². The van der Waals surface area contributed by atoms with Gasteiger partial charge in [0.2, 0.25) is 0 Å². The molecule has 0 radical (unpaired) electrons. The Labute approximate surface area is 223 Å². The smallest absolute Gasteiger partial charge is 0.120 e. The van der Waals surface area contributed by atoms with Crippen molar-refractivity contribution in [2.75, 3.05) is 20.0 Å². The zero-order valence-electron chi connectivity index (χ0n) is 19.7. The molecule has 0 bridgehead atoms. The Hall–Kier alpha value is -2.44. The van der Waals surface area contributed by atoms with Gasteiger partial charge in [0.25, 0.3) is 0 Å². The monoisotopic (exact) mass is 541 g/mol. The molecule has 0 aliphatic heterocycles. The standard InChI is InChI=1S/C28H25Cl2NO2S2/c1-4-5-6-15-11-20(24-18-9-7-16(32-2)13-22(18)34-27(24)29)26(31)21(12-15)25-19-10-8-17(33-3)14-23(19)35-28(25)30/h7-14H,4-6,31H2,1-3H3. The zero-order chi connectivity index (χ0) is 24.7. The third kappa shape index (κ3) is 4.36. The maximum absolute atomic E-state index is 6.94. The molecule has 35 heavy (non-hydrogen) atoms. The number of anilines is 1. The zero-order valence-corrected chi connectivity index (χ0v) is 22.9. The van der Waals surface area contributed by atoms with Crippen molar-refractivity contribution in [1.29, 1.82) is 0 Å². The Bertz CT molecular complexity index is 1450. The van der Waals surface area contributed by atoms with Crippen LogP contribution >= 0.6 is 45.9 Å². The molecule has 0 atom stereocenters. The second-order valence-electron chi connectivity index (χ2n) is 8.43. The van der Waals surface area contributed by atoms with Crippen LogP contribution in [0, 0.1) is 0 Å². The average Bonchev–Trinajstić information content (AvgIpc) is 3.37. The predicted molar refractivity (Wildman–Crippen MR) is 154 cm³/mol. The Kier molecular flexibility index (Phi) is 6.86. The molecule has 3 aromatic carbocycles. The van der Waals surface area contributed by atoms with E-state index in [2.05, 4.69) is 31.2 Å². The number of fused-ring (bicyclic) bond motifs is 2. The van der Waals surface area contributed by atoms with Crippen LogP contribution in [0.5, 0.6) is 11.5 Å². The summed E-state index contributed by atoms with van der Waals surface area (Å²) in [5, 5.41) is 2.13. The van der Waals surface area contributed by atoms with Gasteiger partial charge in [0.1, 0.15) is 20.2 Å². The van der Waals surface area contributed by atoms with Crippen LogP contribution < -0.4 is 15.2 Å². The number of thiophene rings is 2. The number of ether oxygens (including phenoxy) is 2. The van der Waals surface area contributed by atoms with Gasteiger partial charge >= 0.3 is 0 Å². The molecule has 2 heterocycles. The molecule has 2 aromatic heterocycles. The molecule has 3 nitrogen and oxygen atoms in total. The molecule has 0 fully saturated rings. The lowest BCUT2D eigenvalue weighted by molar-refractivity contribution is 0.415. The van der Waals surface area contributed by atoms with Gasteiger partial charge in [0, 0.05) is 48.1 Å². The van der Waals surface area contributed by atoms with Gasteiger partial charge in [-0.25, -0.2) is 0 Å². The number of methoxy groups -OCH3 is 2. The molecule has 5 rings (SSSR count). The van der Waals surface area contributed by atoms with Crippen molar-refractivity contribution in [3.8, 4) is 33.8 Å². The maximum atomic E-state index is 6.94. The van der Waals surface area contributed by atoms with E-state index in [0.29, 0.717) is 14.4 Å². The molecule has 0 unspecified atom stereocenters. The minimum Gasteiger partial charge on any atom is -0.497 e. The van der Waals surface area contributed by atoms with Gasteiger partial charge in [-0.1, -0.05) is 36.5 Å². The summed E-state index contributed by atoms with van der Waals surface area (Å²) in [6, 6.07) is 16.5. The summed E-state index contributed by atoms with van der Waals surface area (Å²) >= 11 is 16.8. The molecule has 0 aliphatic carbocycles. The van der Waals surface area contributed by atoms with Crippen LogP contribution in [0.2, 0.25) is 8.67 Å². The van der Waals surface area contributed by atoms with E-state index in [-0.39, 0.29) is 0 Å². The van der Waals surface area contributed by atoms with Crippen LogP contribution in [-0.4, -0.2) is 14.2 Å². The second kappa shape index (κ2) is 9.90. The SMILES string of the molecule is CCCCc1cc(-c2c(Cl)sc3cc(OC)ccc23)c(N)c(-c2c(Cl)sc3cc(OC)ccc23)c1. The van der Waals surface area contributed by atoms with E-state index in [1.54, 1.807) is 36.9 Å². The minimum atomic E-state index is 0.681. The molecule has 0 amide bonds. The highest BCUT2D eigenvalue weighted by Gasteiger charge is 2.22. The fourth-order valence-electron chi connectivity index (χ4n) is 4.50. The van der Waals surface area contributed by atoms with Crippen molar-refractivity contribution < 1.29 is 9.47 Å². The number of rotatable bonds is 7.